The first-order valence-electron chi connectivity index (χ1n) is 10.1. The molecule has 0 unspecified atom stereocenters. The van der Waals surface area contributed by atoms with Gasteiger partial charge in [0.2, 0.25) is 0 Å². The number of benzene rings is 3. The van der Waals surface area contributed by atoms with E-state index in [0.29, 0.717) is 0 Å². The van der Waals surface area contributed by atoms with E-state index in [-0.39, 0.29) is 6.17 Å². The van der Waals surface area contributed by atoms with Gasteiger partial charge in [0.15, 0.2) is 0 Å². The molecule has 2 aliphatic rings. The molecule has 3 heterocycles. The van der Waals surface area contributed by atoms with E-state index in [4.69, 9.17) is 0 Å². The Morgan fingerprint density at radius 3 is 2.34 bits per heavy atom. The van der Waals surface area contributed by atoms with E-state index < -0.39 is 0 Å². The number of aromatic nitrogens is 2. The summed E-state index contributed by atoms with van der Waals surface area (Å²) in [4.78, 5) is 9.40. The van der Waals surface area contributed by atoms with Gasteiger partial charge in [-0.25, -0.2) is 4.98 Å². The van der Waals surface area contributed by atoms with Gasteiger partial charge in [0.25, 0.3) is 0 Å². The minimum Gasteiger partial charge on any atom is -0.319 e. The van der Waals surface area contributed by atoms with Crippen LogP contribution < -0.4 is 9.80 Å². The first-order chi connectivity index (χ1) is 14.2. The first kappa shape index (κ1) is 16.4. The lowest BCUT2D eigenvalue weighted by Crippen LogP contribution is -2.35. The molecule has 0 aliphatic carbocycles. The molecule has 1 atom stereocenters. The lowest BCUT2D eigenvalue weighted by molar-refractivity contribution is 0.759. The highest BCUT2D eigenvalue weighted by Gasteiger charge is 2.36. The molecule has 0 radical (unpaired) electrons. The van der Waals surface area contributed by atoms with E-state index in [9.17, 15) is 0 Å². The second-order valence-corrected chi connectivity index (χ2v) is 7.85. The van der Waals surface area contributed by atoms with Crippen LogP contribution in [0.4, 0.5) is 22.7 Å². The minimum absolute atomic E-state index is 0.176. The fraction of sp³-hybridized carbons (Fsp3) is 0.160. The molecule has 0 spiro atoms. The topological polar surface area (TPSA) is 24.3 Å². The molecule has 3 aromatic carbocycles. The van der Waals surface area contributed by atoms with Gasteiger partial charge >= 0.3 is 0 Å². The number of imidazole rings is 1. The SMILES string of the molecule is Cc1cc2c(cc1N1c3ccccc3N(c3ccccc3)[C@@H]1C)-n1ccnc1C2. The van der Waals surface area contributed by atoms with Crippen molar-refractivity contribution in [1.29, 1.82) is 0 Å². The Bertz CT molecular complexity index is 1220. The zero-order valence-electron chi connectivity index (χ0n) is 16.6. The van der Waals surface area contributed by atoms with Crippen LogP contribution in [0.1, 0.15) is 23.9 Å². The quantitative estimate of drug-likeness (QED) is 0.393. The van der Waals surface area contributed by atoms with Crippen LogP contribution in [0.25, 0.3) is 5.69 Å². The molecular weight excluding hydrogens is 356 g/mol. The van der Waals surface area contributed by atoms with Gasteiger partial charge in [0, 0.05) is 30.2 Å². The summed E-state index contributed by atoms with van der Waals surface area (Å²) in [6.45, 7) is 4.50. The molecule has 4 heteroatoms. The molecule has 4 aromatic rings. The predicted octanol–water partition coefficient (Wildman–Crippen LogP) is 5.72. The molecule has 0 N–H and O–H groups in total. The number of nitrogens with zero attached hydrogens (tertiary/aromatic N) is 4. The summed E-state index contributed by atoms with van der Waals surface area (Å²) >= 11 is 0. The number of anilines is 4. The van der Waals surface area contributed by atoms with Gasteiger partial charge in [-0.1, -0.05) is 36.4 Å². The lowest BCUT2D eigenvalue weighted by atomic mass is 10.0. The predicted molar refractivity (Wildman–Crippen MR) is 118 cm³/mol. The zero-order chi connectivity index (χ0) is 19.5. The van der Waals surface area contributed by atoms with Crippen molar-refractivity contribution in [2.75, 3.05) is 9.80 Å². The fourth-order valence-corrected chi connectivity index (χ4v) is 4.89. The first-order valence-corrected chi connectivity index (χ1v) is 10.1. The summed E-state index contributed by atoms with van der Waals surface area (Å²) in [5.41, 5.74) is 8.86. The average molecular weight is 378 g/mol. The normalized spacial score (nSPS) is 16.7. The highest BCUT2D eigenvalue weighted by Crippen LogP contribution is 2.49. The summed E-state index contributed by atoms with van der Waals surface area (Å²) in [6.07, 6.45) is 5.04. The van der Waals surface area contributed by atoms with Gasteiger partial charge in [0.05, 0.1) is 17.1 Å². The molecule has 0 saturated carbocycles. The number of rotatable bonds is 2. The number of hydrogen-bond donors (Lipinski definition) is 0. The highest BCUT2D eigenvalue weighted by molar-refractivity contribution is 5.89. The number of para-hydroxylation sites is 3. The average Bonchev–Trinajstić information content (AvgIpc) is 3.39. The van der Waals surface area contributed by atoms with Gasteiger partial charge < -0.3 is 14.4 Å². The molecular formula is C25H22N4. The Labute approximate surface area is 170 Å². The molecule has 2 aliphatic heterocycles. The summed E-state index contributed by atoms with van der Waals surface area (Å²) < 4.78 is 2.22. The lowest BCUT2D eigenvalue weighted by Gasteiger charge is -2.31. The van der Waals surface area contributed by atoms with Crippen LogP contribution in [-0.4, -0.2) is 15.7 Å². The van der Waals surface area contributed by atoms with Crippen LogP contribution in [0.5, 0.6) is 0 Å². The third-order valence-corrected chi connectivity index (χ3v) is 6.16. The number of hydrogen-bond acceptors (Lipinski definition) is 3. The monoisotopic (exact) mass is 378 g/mol. The Kier molecular flexibility index (Phi) is 3.39. The van der Waals surface area contributed by atoms with Crippen LogP contribution in [0.3, 0.4) is 0 Å². The van der Waals surface area contributed by atoms with E-state index in [1.54, 1.807) is 0 Å². The maximum absolute atomic E-state index is 4.51. The second-order valence-electron chi connectivity index (χ2n) is 7.85. The standard InChI is InChI=1S/C25H22N4/c1-17-14-19-15-25-26-12-13-27(25)24(19)16-23(17)29-18(2)28(20-8-4-3-5-9-20)21-10-6-7-11-22(21)29/h3-14,16,18H,15H2,1-2H3/t18-/m0/s1. The second kappa shape index (κ2) is 5.98. The largest absolute Gasteiger partial charge is 0.319 e. The van der Waals surface area contributed by atoms with Crippen molar-refractivity contribution in [1.82, 2.24) is 9.55 Å². The Balaban J connectivity index is 1.53. The van der Waals surface area contributed by atoms with Crippen LogP contribution in [-0.2, 0) is 6.42 Å². The van der Waals surface area contributed by atoms with Crippen molar-refractivity contribution in [2.24, 2.45) is 0 Å². The molecule has 0 amide bonds. The minimum atomic E-state index is 0.176. The van der Waals surface area contributed by atoms with Crippen LogP contribution in [0.15, 0.2) is 79.1 Å². The molecule has 4 nitrogen and oxygen atoms in total. The van der Waals surface area contributed by atoms with Crippen molar-refractivity contribution in [3.8, 4) is 5.69 Å². The maximum Gasteiger partial charge on any atom is 0.117 e. The number of aryl methyl sites for hydroxylation is 1. The molecule has 6 rings (SSSR count). The van der Waals surface area contributed by atoms with Crippen molar-refractivity contribution in [3.05, 3.63) is 96.1 Å². The Hall–Kier alpha value is -3.53. The van der Waals surface area contributed by atoms with Crippen LogP contribution >= 0.6 is 0 Å². The Morgan fingerprint density at radius 2 is 1.55 bits per heavy atom. The summed E-state index contributed by atoms with van der Waals surface area (Å²) in [5, 5.41) is 0. The van der Waals surface area contributed by atoms with Crippen molar-refractivity contribution >= 4 is 22.7 Å². The van der Waals surface area contributed by atoms with Gasteiger partial charge in [-0.3, -0.25) is 0 Å². The van der Waals surface area contributed by atoms with E-state index in [1.807, 2.05) is 6.20 Å². The van der Waals surface area contributed by atoms with Crippen LogP contribution in [0, 0.1) is 6.92 Å². The number of fused-ring (bicyclic) bond motifs is 4. The molecule has 0 fully saturated rings. The fourth-order valence-electron chi connectivity index (χ4n) is 4.89. The zero-order valence-corrected chi connectivity index (χ0v) is 16.6. The van der Waals surface area contributed by atoms with Crippen LogP contribution in [0.2, 0.25) is 0 Å². The van der Waals surface area contributed by atoms with Crippen molar-refractivity contribution in [2.45, 2.75) is 26.4 Å². The summed E-state index contributed by atoms with van der Waals surface area (Å²) in [5.74, 6) is 1.12. The van der Waals surface area contributed by atoms with Gasteiger partial charge in [-0.15, -0.1) is 0 Å². The highest BCUT2D eigenvalue weighted by atomic mass is 15.4. The molecule has 1 aromatic heterocycles. The molecule has 29 heavy (non-hydrogen) atoms. The molecule has 142 valence electrons. The van der Waals surface area contributed by atoms with Gasteiger partial charge in [-0.05, 0) is 55.3 Å². The van der Waals surface area contributed by atoms with Crippen molar-refractivity contribution < 1.29 is 0 Å². The third kappa shape index (κ3) is 2.29. The van der Waals surface area contributed by atoms with E-state index in [0.717, 1.165) is 12.2 Å². The third-order valence-electron chi connectivity index (χ3n) is 6.16. The van der Waals surface area contributed by atoms with Gasteiger partial charge in [0.1, 0.15) is 12.0 Å². The summed E-state index contributed by atoms with van der Waals surface area (Å²) in [6, 6.07) is 24.0. The molecule has 0 bridgehead atoms. The molecule has 0 saturated heterocycles. The summed E-state index contributed by atoms with van der Waals surface area (Å²) in [7, 11) is 0. The Morgan fingerprint density at radius 1 is 0.828 bits per heavy atom. The van der Waals surface area contributed by atoms with E-state index in [2.05, 4.69) is 106 Å². The van der Waals surface area contributed by atoms with E-state index >= 15 is 0 Å². The van der Waals surface area contributed by atoms with E-state index in [1.165, 1.54) is 39.6 Å². The maximum atomic E-state index is 4.51. The smallest absolute Gasteiger partial charge is 0.117 e. The van der Waals surface area contributed by atoms with Gasteiger partial charge in [-0.2, -0.15) is 0 Å². The van der Waals surface area contributed by atoms with Crippen molar-refractivity contribution in [3.63, 3.8) is 0 Å².